The Morgan fingerprint density at radius 1 is 0.973 bits per heavy atom. The smallest absolute Gasteiger partial charge is 0.300 e. The molecule has 1 aliphatic heterocycles. The number of amides is 1. The summed E-state index contributed by atoms with van der Waals surface area (Å²) in [6.45, 7) is 4.66. The number of anilines is 1. The first kappa shape index (κ1) is 26.1. The lowest BCUT2D eigenvalue weighted by Gasteiger charge is -2.26. The lowest BCUT2D eigenvalue weighted by Crippen LogP contribution is -2.29. The third-order valence-corrected chi connectivity index (χ3v) is 6.29. The molecule has 1 atom stereocenters. The summed E-state index contributed by atoms with van der Waals surface area (Å²) in [4.78, 5) is 28.2. The number of carbonyl (C=O) groups excluding carboxylic acids is 2. The summed E-state index contributed by atoms with van der Waals surface area (Å²) in [5.74, 6) is -0.00752. The van der Waals surface area contributed by atoms with Crippen LogP contribution in [0.25, 0.3) is 5.76 Å². The van der Waals surface area contributed by atoms with Crippen LogP contribution in [0.5, 0.6) is 17.2 Å². The SMILES string of the molecule is COc1cccc(C2/C(=C(/O)c3ccc(Cl)c(OC)c3)C(=O)C(=O)N2c2ccc(OCC(C)C)cc2)c1. The maximum absolute atomic E-state index is 13.4. The maximum Gasteiger partial charge on any atom is 0.300 e. The van der Waals surface area contributed by atoms with E-state index < -0.39 is 17.7 Å². The zero-order valence-electron chi connectivity index (χ0n) is 21.0. The second kappa shape index (κ2) is 11.0. The topological polar surface area (TPSA) is 85.3 Å². The predicted molar refractivity (Wildman–Crippen MR) is 143 cm³/mol. The van der Waals surface area contributed by atoms with Crippen LogP contribution in [0.2, 0.25) is 5.02 Å². The molecule has 8 heteroatoms. The van der Waals surface area contributed by atoms with Crippen LogP contribution in [-0.2, 0) is 9.59 Å². The molecule has 0 aromatic heterocycles. The molecular formula is C29H28ClNO6. The molecule has 3 aromatic carbocycles. The monoisotopic (exact) mass is 521 g/mol. The number of carbonyl (C=O) groups is 2. The zero-order valence-corrected chi connectivity index (χ0v) is 21.8. The third-order valence-electron chi connectivity index (χ3n) is 5.98. The van der Waals surface area contributed by atoms with Gasteiger partial charge < -0.3 is 19.3 Å². The van der Waals surface area contributed by atoms with Gasteiger partial charge in [0.15, 0.2) is 0 Å². The summed E-state index contributed by atoms with van der Waals surface area (Å²) < 4.78 is 16.4. The van der Waals surface area contributed by atoms with Crippen molar-refractivity contribution in [3.63, 3.8) is 0 Å². The number of ketones is 1. The van der Waals surface area contributed by atoms with E-state index in [-0.39, 0.29) is 11.3 Å². The Bertz CT molecular complexity index is 1350. The lowest BCUT2D eigenvalue weighted by atomic mass is 9.95. The van der Waals surface area contributed by atoms with Crippen LogP contribution in [0.15, 0.2) is 72.3 Å². The molecule has 192 valence electrons. The van der Waals surface area contributed by atoms with Crippen molar-refractivity contribution in [3.05, 3.63) is 88.5 Å². The van der Waals surface area contributed by atoms with E-state index in [9.17, 15) is 14.7 Å². The number of nitrogens with zero attached hydrogens (tertiary/aromatic N) is 1. The average molecular weight is 522 g/mol. The molecule has 1 N–H and O–H groups in total. The minimum Gasteiger partial charge on any atom is -0.507 e. The van der Waals surface area contributed by atoms with Crippen LogP contribution in [-0.4, -0.2) is 37.6 Å². The first-order valence-electron chi connectivity index (χ1n) is 11.8. The van der Waals surface area contributed by atoms with Crippen LogP contribution >= 0.6 is 11.6 Å². The molecule has 0 bridgehead atoms. The Balaban J connectivity index is 1.86. The van der Waals surface area contributed by atoms with Gasteiger partial charge in [-0.05, 0) is 66.1 Å². The number of aliphatic hydroxyl groups excluding tert-OH is 1. The third kappa shape index (κ3) is 5.27. The number of methoxy groups -OCH3 is 2. The molecule has 3 aromatic rings. The molecule has 1 aliphatic rings. The molecule has 1 amide bonds. The quantitative estimate of drug-likeness (QED) is 0.222. The second-order valence-electron chi connectivity index (χ2n) is 8.99. The van der Waals surface area contributed by atoms with Gasteiger partial charge >= 0.3 is 0 Å². The fraction of sp³-hybridized carbons (Fsp3) is 0.241. The number of aliphatic hydroxyl groups is 1. The van der Waals surface area contributed by atoms with Crippen LogP contribution in [0, 0.1) is 5.92 Å². The van der Waals surface area contributed by atoms with Crippen LogP contribution in [0.1, 0.15) is 31.0 Å². The highest BCUT2D eigenvalue weighted by Gasteiger charge is 2.47. The minimum absolute atomic E-state index is 0.0530. The number of hydrogen-bond acceptors (Lipinski definition) is 6. The maximum atomic E-state index is 13.4. The number of Topliss-reactive ketones (excluding diaryl/α,β-unsaturated/α-hetero) is 1. The number of hydrogen-bond donors (Lipinski definition) is 1. The summed E-state index contributed by atoms with van der Waals surface area (Å²) in [6, 6.07) is 17.7. The van der Waals surface area contributed by atoms with Gasteiger partial charge in [0.1, 0.15) is 23.0 Å². The van der Waals surface area contributed by atoms with Crippen molar-refractivity contribution >= 4 is 34.7 Å². The van der Waals surface area contributed by atoms with Gasteiger partial charge in [0, 0.05) is 11.3 Å². The van der Waals surface area contributed by atoms with Crippen LogP contribution in [0.4, 0.5) is 5.69 Å². The van der Waals surface area contributed by atoms with Crippen molar-refractivity contribution in [2.45, 2.75) is 19.9 Å². The van der Waals surface area contributed by atoms with Crippen LogP contribution < -0.4 is 19.1 Å². The first-order valence-corrected chi connectivity index (χ1v) is 12.1. The lowest BCUT2D eigenvalue weighted by molar-refractivity contribution is -0.132. The van der Waals surface area contributed by atoms with E-state index in [0.717, 1.165) is 0 Å². The van der Waals surface area contributed by atoms with Crippen molar-refractivity contribution in [3.8, 4) is 17.2 Å². The van der Waals surface area contributed by atoms with Gasteiger partial charge in [0.2, 0.25) is 0 Å². The highest BCUT2D eigenvalue weighted by molar-refractivity contribution is 6.51. The summed E-state index contributed by atoms with van der Waals surface area (Å²) in [5, 5.41) is 11.7. The molecule has 0 saturated carbocycles. The standard InChI is InChI=1S/C29H28ClNO6/c1-17(2)16-37-21-11-9-20(10-12-21)31-26(18-6-5-7-22(14-18)35-3)25(28(33)29(31)34)27(32)19-8-13-23(30)24(15-19)36-4/h5-15,17,26,32H,16H2,1-4H3/b27-25-. The summed E-state index contributed by atoms with van der Waals surface area (Å²) in [7, 11) is 2.99. The van der Waals surface area contributed by atoms with E-state index in [2.05, 4.69) is 13.8 Å². The fourth-order valence-electron chi connectivity index (χ4n) is 4.15. The Kier molecular flexibility index (Phi) is 7.74. The van der Waals surface area contributed by atoms with E-state index >= 15 is 0 Å². The molecule has 0 aliphatic carbocycles. The fourth-order valence-corrected chi connectivity index (χ4v) is 4.35. The molecule has 1 saturated heterocycles. The summed E-state index contributed by atoms with van der Waals surface area (Å²) in [6.07, 6.45) is 0. The Morgan fingerprint density at radius 2 is 1.70 bits per heavy atom. The predicted octanol–water partition coefficient (Wildman–Crippen LogP) is 6.02. The molecule has 0 spiro atoms. The highest BCUT2D eigenvalue weighted by atomic mass is 35.5. The molecule has 37 heavy (non-hydrogen) atoms. The average Bonchev–Trinajstić information content (AvgIpc) is 3.17. The van der Waals surface area contributed by atoms with E-state index in [1.54, 1.807) is 60.7 Å². The van der Waals surface area contributed by atoms with Gasteiger partial charge in [-0.2, -0.15) is 0 Å². The van der Waals surface area contributed by atoms with Crippen molar-refractivity contribution in [1.82, 2.24) is 0 Å². The zero-order chi connectivity index (χ0) is 26.7. The molecule has 7 nitrogen and oxygen atoms in total. The van der Waals surface area contributed by atoms with Crippen LogP contribution in [0.3, 0.4) is 0 Å². The minimum atomic E-state index is -0.904. The van der Waals surface area contributed by atoms with Gasteiger partial charge in [-0.3, -0.25) is 14.5 Å². The van der Waals surface area contributed by atoms with E-state index in [1.807, 2.05) is 0 Å². The largest absolute Gasteiger partial charge is 0.507 e. The Morgan fingerprint density at radius 3 is 2.35 bits per heavy atom. The van der Waals surface area contributed by atoms with Gasteiger partial charge in [0.05, 0.1) is 37.5 Å². The van der Waals surface area contributed by atoms with E-state index in [1.165, 1.54) is 25.2 Å². The van der Waals surface area contributed by atoms with Crippen molar-refractivity contribution < 1.29 is 28.9 Å². The highest BCUT2D eigenvalue weighted by Crippen LogP contribution is 2.43. The number of halogens is 1. The summed E-state index contributed by atoms with van der Waals surface area (Å²) >= 11 is 6.15. The number of benzene rings is 3. The number of rotatable bonds is 8. The Hall–Kier alpha value is -3.97. The molecule has 1 unspecified atom stereocenters. The summed E-state index contributed by atoms with van der Waals surface area (Å²) in [5.41, 5.74) is 1.33. The molecule has 1 heterocycles. The molecular weight excluding hydrogens is 494 g/mol. The van der Waals surface area contributed by atoms with E-state index in [4.69, 9.17) is 25.8 Å². The van der Waals surface area contributed by atoms with E-state index in [0.29, 0.717) is 51.6 Å². The second-order valence-corrected chi connectivity index (χ2v) is 9.40. The number of ether oxygens (including phenoxy) is 3. The normalized spacial score (nSPS) is 16.8. The van der Waals surface area contributed by atoms with Crippen molar-refractivity contribution in [2.24, 2.45) is 5.92 Å². The van der Waals surface area contributed by atoms with Crippen molar-refractivity contribution in [2.75, 3.05) is 25.7 Å². The van der Waals surface area contributed by atoms with Gasteiger partial charge in [-0.15, -0.1) is 0 Å². The molecule has 1 fully saturated rings. The van der Waals surface area contributed by atoms with Crippen molar-refractivity contribution in [1.29, 1.82) is 0 Å². The van der Waals surface area contributed by atoms with Gasteiger partial charge in [-0.1, -0.05) is 37.6 Å². The molecule has 0 radical (unpaired) electrons. The molecule has 4 rings (SSSR count). The van der Waals surface area contributed by atoms with Gasteiger partial charge in [-0.25, -0.2) is 0 Å². The first-order chi connectivity index (χ1) is 17.7. The van der Waals surface area contributed by atoms with Gasteiger partial charge in [0.25, 0.3) is 11.7 Å². The Labute approximate surface area is 220 Å².